The molecule has 0 bridgehead atoms. The Morgan fingerprint density at radius 2 is 2.04 bits per heavy atom. The molecule has 7 heteroatoms. The first kappa shape index (κ1) is 18.4. The lowest BCUT2D eigenvalue weighted by molar-refractivity contribution is 0.0697. The Kier molecular flexibility index (Phi) is 5.25. The number of carbonyl (C=O) groups is 1. The van der Waals surface area contributed by atoms with Crippen molar-refractivity contribution in [3.63, 3.8) is 0 Å². The quantitative estimate of drug-likeness (QED) is 0.632. The zero-order valence-electron chi connectivity index (χ0n) is 16.2. The second kappa shape index (κ2) is 7.98. The summed E-state index contributed by atoms with van der Waals surface area (Å²) >= 11 is 0. The lowest BCUT2D eigenvalue weighted by atomic mass is 10.0. The Morgan fingerprint density at radius 1 is 1.21 bits per heavy atom. The van der Waals surface area contributed by atoms with Crippen molar-refractivity contribution >= 4 is 22.5 Å². The van der Waals surface area contributed by atoms with Crippen LogP contribution in [0.3, 0.4) is 0 Å². The van der Waals surface area contributed by atoms with Crippen LogP contribution in [0.5, 0.6) is 0 Å². The molecule has 0 saturated carbocycles. The maximum Gasteiger partial charge on any atom is 0.255 e. The third-order valence-corrected chi connectivity index (χ3v) is 4.93. The van der Waals surface area contributed by atoms with Crippen molar-refractivity contribution in [3.8, 4) is 11.1 Å². The van der Waals surface area contributed by atoms with Gasteiger partial charge in [0.15, 0.2) is 0 Å². The van der Waals surface area contributed by atoms with Crippen molar-refractivity contribution in [3.05, 3.63) is 42.4 Å². The van der Waals surface area contributed by atoms with Crippen molar-refractivity contribution in [2.75, 3.05) is 18.5 Å². The van der Waals surface area contributed by atoms with Crippen LogP contribution >= 0.6 is 0 Å². The molecule has 1 aliphatic heterocycles. The van der Waals surface area contributed by atoms with E-state index in [0.717, 1.165) is 40.6 Å². The number of carbonyl (C=O) groups excluding carboxylic acids is 1. The summed E-state index contributed by atoms with van der Waals surface area (Å²) in [5, 5.41) is 14.4. The Hall–Kier alpha value is -2.93. The molecule has 0 atom stereocenters. The molecule has 0 unspecified atom stereocenters. The standard InChI is InChI=1S/C21H25N5O2/c1-13(2)25-20-17-9-14(15-10-23-24-11-15)3-4-19(17)22-12-18(20)21(27)26-16-5-7-28-8-6-16/h3-4,9-13,16H,5-8H2,1-2H3,(H,22,25)(H,23,24)(H,26,27). The van der Waals surface area contributed by atoms with Crippen molar-refractivity contribution in [1.82, 2.24) is 20.5 Å². The van der Waals surface area contributed by atoms with Gasteiger partial charge in [0.05, 0.1) is 23.0 Å². The van der Waals surface area contributed by atoms with Gasteiger partial charge in [0.25, 0.3) is 5.91 Å². The number of hydrogen-bond acceptors (Lipinski definition) is 5. The largest absolute Gasteiger partial charge is 0.382 e. The van der Waals surface area contributed by atoms with Gasteiger partial charge >= 0.3 is 0 Å². The summed E-state index contributed by atoms with van der Waals surface area (Å²) in [6.07, 6.45) is 6.98. The van der Waals surface area contributed by atoms with Crippen LogP contribution in [0.2, 0.25) is 0 Å². The monoisotopic (exact) mass is 379 g/mol. The molecule has 2 aromatic heterocycles. The normalized spacial score (nSPS) is 15.1. The predicted octanol–water partition coefficient (Wildman–Crippen LogP) is 3.35. The molecule has 1 amide bonds. The van der Waals surface area contributed by atoms with Crippen molar-refractivity contribution in [2.24, 2.45) is 0 Å². The van der Waals surface area contributed by atoms with Crippen LogP contribution in [0.4, 0.5) is 5.69 Å². The van der Waals surface area contributed by atoms with E-state index in [4.69, 9.17) is 4.74 Å². The van der Waals surface area contributed by atoms with Crippen molar-refractivity contribution in [2.45, 2.75) is 38.8 Å². The van der Waals surface area contributed by atoms with E-state index in [1.165, 1.54) is 0 Å². The number of hydrogen-bond donors (Lipinski definition) is 3. The second-order valence-electron chi connectivity index (χ2n) is 7.42. The fraction of sp³-hybridized carbons (Fsp3) is 0.381. The highest BCUT2D eigenvalue weighted by atomic mass is 16.5. The van der Waals surface area contributed by atoms with Gasteiger partial charge in [0.2, 0.25) is 0 Å². The molecule has 7 nitrogen and oxygen atoms in total. The number of rotatable bonds is 5. The number of fused-ring (bicyclic) bond motifs is 1. The molecule has 3 aromatic rings. The number of nitrogens with zero attached hydrogens (tertiary/aromatic N) is 2. The summed E-state index contributed by atoms with van der Waals surface area (Å²) in [4.78, 5) is 17.6. The highest BCUT2D eigenvalue weighted by molar-refractivity contribution is 6.08. The minimum absolute atomic E-state index is 0.0989. The van der Waals surface area contributed by atoms with E-state index < -0.39 is 0 Å². The number of nitrogens with one attached hydrogen (secondary N) is 3. The molecule has 0 spiro atoms. The molecule has 146 valence electrons. The van der Waals surface area contributed by atoms with Crippen LogP contribution in [0.15, 0.2) is 36.8 Å². The van der Waals surface area contributed by atoms with Crippen molar-refractivity contribution < 1.29 is 9.53 Å². The number of benzene rings is 1. The van der Waals surface area contributed by atoms with Gasteiger partial charge in [-0.25, -0.2) is 0 Å². The third-order valence-electron chi connectivity index (χ3n) is 4.93. The first-order valence-corrected chi connectivity index (χ1v) is 9.69. The van der Waals surface area contributed by atoms with Gasteiger partial charge < -0.3 is 15.4 Å². The molecule has 28 heavy (non-hydrogen) atoms. The van der Waals surface area contributed by atoms with Gasteiger partial charge in [-0.1, -0.05) is 6.07 Å². The highest BCUT2D eigenvalue weighted by Gasteiger charge is 2.21. The Bertz CT molecular complexity index is 962. The van der Waals surface area contributed by atoms with Crippen LogP contribution in [0.1, 0.15) is 37.0 Å². The SMILES string of the molecule is CC(C)Nc1c(C(=O)NC2CCOCC2)cnc2ccc(-c3cn[nH]c3)cc12. The predicted molar refractivity (Wildman–Crippen MR) is 109 cm³/mol. The summed E-state index contributed by atoms with van der Waals surface area (Å²) in [5.74, 6) is -0.0989. The van der Waals surface area contributed by atoms with Crippen LogP contribution < -0.4 is 10.6 Å². The third kappa shape index (κ3) is 3.84. The Labute approximate surface area is 163 Å². The maximum atomic E-state index is 13.0. The van der Waals surface area contributed by atoms with E-state index in [9.17, 15) is 4.79 Å². The van der Waals surface area contributed by atoms with E-state index in [1.54, 1.807) is 12.4 Å². The summed E-state index contributed by atoms with van der Waals surface area (Å²) in [6, 6.07) is 6.37. The number of ether oxygens (including phenoxy) is 1. The molecule has 1 fully saturated rings. The number of anilines is 1. The molecule has 0 aliphatic carbocycles. The van der Waals surface area contributed by atoms with Crippen LogP contribution in [0, 0.1) is 0 Å². The average Bonchev–Trinajstić information content (AvgIpc) is 3.23. The van der Waals surface area contributed by atoms with Crippen molar-refractivity contribution in [1.29, 1.82) is 0 Å². The molecule has 3 heterocycles. The number of H-pyrrole nitrogens is 1. The van der Waals surface area contributed by atoms with E-state index in [-0.39, 0.29) is 18.0 Å². The average molecular weight is 379 g/mol. The molecular formula is C21H25N5O2. The van der Waals surface area contributed by atoms with Gasteiger partial charge in [0, 0.05) is 48.6 Å². The first-order valence-electron chi connectivity index (χ1n) is 9.69. The zero-order chi connectivity index (χ0) is 19.5. The number of pyridine rings is 1. The molecule has 4 rings (SSSR count). The minimum atomic E-state index is -0.0989. The number of aromatic nitrogens is 3. The lowest BCUT2D eigenvalue weighted by Crippen LogP contribution is -2.39. The van der Waals surface area contributed by atoms with E-state index in [0.29, 0.717) is 18.8 Å². The maximum absolute atomic E-state index is 13.0. The van der Waals surface area contributed by atoms with Gasteiger partial charge in [-0.2, -0.15) is 5.10 Å². The molecule has 0 radical (unpaired) electrons. The van der Waals surface area contributed by atoms with E-state index >= 15 is 0 Å². The van der Waals surface area contributed by atoms with Gasteiger partial charge in [-0.3, -0.25) is 14.9 Å². The topological polar surface area (TPSA) is 91.9 Å². The van der Waals surface area contributed by atoms with E-state index in [2.05, 4.69) is 45.7 Å². The molecule has 1 aromatic carbocycles. The summed E-state index contributed by atoms with van der Waals surface area (Å²) in [6.45, 7) is 5.50. The highest BCUT2D eigenvalue weighted by Crippen LogP contribution is 2.31. The number of aromatic amines is 1. The zero-order valence-corrected chi connectivity index (χ0v) is 16.2. The smallest absolute Gasteiger partial charge is 0.255 e. The van der Waals surface area contributed by atoms with Crippen LogP contribution in [-0.2, 0) is 4.74 Å². The van der Waals surface area contributed by atoms with Gasteiger partial charge in [-0.05, 0) is 44.4 Å². The fourth-order valence-corrected chi connectivity index (χ4v) is 3.50. The molecule has 3 N–H and O–H groups in total. The first-order chi connectivity index (χ1) is 13.6. The fourth-order valence-electron chi connectivity index (χ4n) is 3.50. The second-order valence-corrected chi connectivity index (χ2v) is 7.42. The molecule has 1 saturated heterocycles. The summed E-state index contributed by atoms with van der Waals surface area (Å²) < 4.78 is 5.39. The molecule has 1 aliphatic rings. The van der Waals surface area contributed by atoms with Crippen LogP contribution in [0.25, 0.3) is 22.0 Å². The summed E-state index contributed by atoms with van der Waals surface area (Å²) in [5.41, 5.74) is 4.25. The minimum Gasteiger partial charge on any atom is -0.382 e. The lowest BCUT2D eigenvalue weighted by Gasteiger charge is -2.24. The van der Waals surface area contributed by atoms with Crippen LogP contribution in [-0.4, -0.2) is 46.4 Å². The van der Waals surface area contributed by atoms with Gasteiger partial charge in [0.1, 0.15) is 0 Å². The Balaban J connectivity index is 1.75. The molecular weight excluding hydrogens is 354 g/mol. The van der Waals surface area contributed by atoms with Gasteiger partial charge in [-0.15, -0.1) is 0 Å². The summed E-state index contributed by atoms with van der Waals surface area (Å²) in [7, 11) is 0. The Morgan fingerprint density at radius 3 is 2.75 bits per heavy atom. The number of amides is 1. The van der Waals surface area contributed by atoms with E-state index in [1.807, 2.05) is 18.3 Å².